The van der Waals surface area contributed by atoms with Gasteiger partial charge in [-0.2, -0.15) is 0 Å². The smallest absolute Gasteiger partial charge is 0.259 e. The molecular formula is C26H26Cl2N2OS. The third-order valence-electron chi connectivity index (χ3n) is 5.82. The Bertz CT molecular complexity index is 1180. The monoisotopic (exact) mass is 484 g/mol. The molecule has 2 aromatic carbocycles. The van der Waals surface area contributed by atoms with Crippen molar-refractivity contribution in [2.24, 2.45) is 4.99 Å². The first-order valence-electron chi connectivity index (χ1n) is 10.9. The lowest BCUT2D eigenvalue weighted by Gasteiger charge is -2.13. The zero-order valence-corrected chi connectivity index (χ0v) is 20.6. The molecule has 0 fully saturated rings. The summed E-state index contributed by atoms with van der Waals surface area (Å²) in [7, 11) is 0. The summed E-state index contributed by atoms with van der Waals surface area (Å²) in [6.45, 7) is 4.03. The summed E-state index contributed by atoms with van der Waals surface area (Å²) in [5, 5.41) is 4.83. The van der Waals surface area contributed by atoms with Crippen molar-refractivity contribution in [1.82, 2.24) is 0 Å². The highest BCUT2D eigenvalue weighted by Gasteiger charge is 2.24. The number of benzene rings is 2. The molecule has 1 aliphatic carbocycles. The van der Waals surface area contributed by atoms with Crippen LogP contribution in [0.15, 0.2) is 41.4 Å². The number of aryl methyl sites for hydroxylation is 3. The Labute approximate surface area is 203 Å². The average molecular weight is 485 g/mol. The van der Waals surface area contributed by atoms with Crippen LogP contribution in [0.5, 0.6) is 0 Å². The second-order valence-electron chi connectivity index (χ2n) is 8.27. The first-order valence-corrected chi connectivity index (χ1v) is 12.5. The lowest BCUT2D eigenvalue weighted by atomic mass is 9.96. The lowest BCUT2D eigenvalue weighted by Crippen LogP contribution is -2.15. The Morgan fingerprint density at radius 2 is 1.84 bits per heavy atom. The Kier molecular flexibility index (Phi) is 7.34. The van der Waals surface area contributed by atoms with Gasteiger partial charge in [-0.15, -0.1) is 11.3 Å². The number of nitrogens with zero attached hydrogens (tertiary/aromatic N) is 1. The van der Waals surface area contributed by atoms with Gasteiger partial charge in [-0.1, -0.05) is 60.3 Å². The fourth-order valence-corrected chi connectivity index (χ4v) is 5.62. The van der Waals surface area contributed by atoms with Crippen molar-refractivity contribution in [3.63, 3.8) is 0 Å². The van der Waals surface area contributed by atoms with Gasteiger partial charge in [0.05, 0.1) is 15.6 Å². The quantitative estimate of drug-likeness (QED) is 0.371. The summed E-state index contributed by atoms with van der Waals surface area (Å²) in [5.74, 6) is -0.0962. The molecule has 4 rings (SSSR count). The summed E-state index contributed by atoms with van der Waals surface area (Å²) >= 11 is 14.1. The van der Waals surface area contributed by atoms with Crippen LogP contribution < -0.4 is 5.32 Å². The van der Waals surface area contributed by atoms with Crippen LogP contribution >= 0.6 is 34.5 Å². The second kappa shape index (κ2) is 10.2. The molecule has 1 N–H and O–H groups in total. The van der Waals surface area contributed by atoms with Gasteiger partial charge in [-0.05, 0) is 68.4 Å². The van der Waals surface area contributed by atoms with Gasteiger partial charge in [0.25, 0.3) is 5.91 Å². The van der Waals surface area contributed by atoms with E-state index in [1.54, 1.807) is 23.6 Å². The highest BCUT2D eigenvalue weighted by molar-refractivity contribution is 7.16. The van der Waals surface area contributed by atoms with Crippen molar-refractivity contribution in [3.8, 4) is 0 Å². The van der Waals surface area contributed by atoms with E-state index in [4.69, 9.17) is 28.2 Å². The molecule has 1 heterocycles. The van der Waals surface area contributed by atoms with E-state index in [9.17, 15) is 4.79 Å². The molecule has 0 saturated heterocycles. The minimum absolute atomic E-state index is 0.0962. The van der Waals surface area contributed by atoms with Crippen molar-refractivity contribution in [2.45, 2.75) is 52.4 Å². The number of thiophene rings is 1. The van der Waals surface area contributed by atoms with Crippen LogP contribution in [-0.4, -0.2) is 12.1 Å². The molecule has 0 unspecified atom stereocenters. The number of halogens is 2. The van der Waals surface area contributed by atoms with E-state index in [1.807, 2.05) is 38.1 Å². The minimum Gasteiger partial charge on any atom is -0.322 e. The van der Waals surface area contributed by atoms with E-state index in [0.717, 1.165) is 58.6 Å². The van der Waals surface area contributed by atoms with Gasteiger partial charge in [0.2, 0.25) is 0 Å². The summed E-state index contributed by atoms with van der Waals surface area (Å²) in [6.07, 6.45) is 8.29. The number of carbonyl (C=O) groups is 1. The first-order chi connectivity index (χ1) is 15.4. The van der Waals surface area contributed by atoms with Crippen molar-refractivity contribution in [3.05, 3.63) is 79.1 Å². The van der Waals surface area contributed by atoms with Crippen LogP contribution in [-0.2, 0) is 12.8 Å². The summed E-state index contributed by atoms with van der Waals surface area (Å²) < 4.78 is 0. The highest BCUT2D eigenvalue weighted by Crippen LogP contribution is 2.39. The van der Waals surface area contributed by atoms with Gasteiger partial charge in [0.1, 0.15) is 5.00 Å². The molecule has 166 valence electrons. The molecule has 3 nitrogen and oxygen atoms in total. The summed E-state index contributed by atoms with van der Waals surface area (Å²) in [6, 6.07) is 11.6. The molecule has 0 spiro atoms. The topological polar surface area (TPSA) is 41.5 Å². The largest absolute Gasteiger partial charge is 0.322 e. The van der Waals surface area contributed by atoms with Gasteiger partial charge in [0, 0.05) is 22.3 Å². The van der Waals surface area contributed by atoms with E-state index in [2.05, 4.69) is 11.4 Å². The van der Waals surface area contributed by atoms with Crippen LogP contribution in [0, 0.1) is 13.8 Å². The van der Waals surface area contributed by atoms with Crippen molar-refractivity contribution >= 4 is 57.3 Å². The first kappa shape index (κ1) is 23.0. The number of aliphatic imine (C=N–C) groups is 1. The van der Waals surface area contributed by atoms with E-state index in [1.165, 1.54) is 17.7 Å². The molecule has 3 aromatic rings. The zero-order chi connectivity index (χ0) is 22.7. The van der Waals surface area contributed by atoms with Gasteiger partial charge in [-0.25, -0.2) is 4.99 Å². The van der Waals surface area contributed by atoms with Crippen LogP contribution in [0.4, 0.5) is 10.7 Å². The molecule has 6 heteroatoms. The Hall–Kier alpha value is -2.14. The lowest BCUT2D eigenvalue weighted by molar-refractivity contribution is 0.102. The molecule has 32 heavy (non-hydrogen) atoms. The maximum atomic E-state index is 13.5. The Balaban J connectivity index is 1.75. The Morgan fingerprint density at radius 3 is 2.66 bits per heavy atom. The molecule has 1 aromatic heterocycles. The predicted molar refractivity (Wildman–Crippen MR) is 138 cm³/mol. The zero-order valence-electron chi connectivity index (χ0n) is 18.3. The van der Waals surface area contributed by atoms with Gasteiger partial charge < -0.3 is 5.32 Å². The minimum atomic E-state index is -0.0962. The van der Waals surface area contributed by atoms with Gasteiger partial charge in [-0.3, -0.25) is 4.79 Å². The standard InChI is InChI=1S/C26H26Cl2N2OS/c1-16-12-13-17(2)21(14-16)30-25(31)23-19-9-5-3-4-6-11-22(19)32-26(23)29-15-18-8-7-10-20(27)24(18)28/h7-8,10,12-15H,3-6,9,11H2,1-2H3,(H,30,31). The number of hydrogen-bond donors (Lipinski definition) is 1. The van der Waals surface area contributed by atoms with Crippen molar-refractivity contribution in [1.29, 1.82) is 0 Å². The van der Waals surface area contributed by atoms with Crippen LogP contribution in [0.2, 0.25) is 10.0 Å². The van der Waals surface area contributed by atoms with Gasteiger partial charge >= 0.3 is 0 Å². The third kappa shape index (κ3) is 5.09. The van der Waals surface area contributed by atoms with Crippen LogP contribution in [0.3, 0.4) is 0 Å². The molecule has 0 bridgehead atoms. The normalized spacial score (nSPS) is 14.1. The predicted octanol–water partition coefficient (Wildman–Crippen LogP) is 8.33. The number of fused-ring (bicyclic) bond motifs is 1. The highest BCUT2D eigenvalue weighted by atomic mass is 35.5. The van der Waals surface area contributed by atoms with Crippen LogP contribution in [0.25, 0.3) is 0 Å². The average Bonchev–Trinajstić information content (AvgIpc) is 3.08. The summed E-state index contributed by atoms with van der Waals surface area (Å²) in [4.78, 5) is 19.6. The Morgan fingerprint density at radius 1 is 1.06 bits per heavy atom. The number of amides is 1. The molecule has 0 aliphatic heterocycles. The van der Waals surface area contributed by atoms with Crippen molar-refractivity contribution < 1.29 is 4.79 Å². The fourth-order valence-electron chi connectivity index (χ4n) is 4.03. The molecule has 1 amide bonds. The van der Waals surface area contributed by atoms with E-state index < -0.39 is 0 Å². The summed E-state index contributed by atoms with van der Waals surface area (Å²) in [5.41, 5.74) is 5.58. The fraction of sp³-hybridized carbons (Fsp3) is 0.308. The van der Waals surface area contributed by atoms with Crippen molar-refractivity contribution in [2.75, 3.05) is 5.32 Å². The maximum absolute atomic E-state index is 13.5. The van der Waals surface area contributed by atoms with E-state index >= 15 is 0 Å². The number of rotatable bonds is 4. The van der Waals surface area contributed by atoms with E-state index in [-0.39, 0.29) is 5.91 Å². The molecule has 1 aliphatic rings. The number of nitrogens with one attached hydrogen (secondary N) is 1. The third-order valence-corrected chi connectivity index (χ3v) is 7.86. The van der Waals surface area contributed by atoms with Gasteiger partial charge in [0.15, 0.2) is 0 Å². The van der Waals surface area contributed by atoms with Crippen LogP contribution in [0.1, 0.15) is 63.2 Å². The number of hydrogen-bond acceptors (Lipinski definition) is 3. The molecular weight excluding hydrogens is 459 g/mol. The SMILES string of the molecule is Cc1ccc(C)c(NC(=O)c2c(N=Cc3cccc(Cl)c3Cl)sc3c2CCCCCC3)c1. The number of anilines is 1. The molecule has 0 saturated carbocycles. The number of carbonyl (C=O) groups excluding carboxylic acids is 1. The second-order valence-corrected chi connectivity index (χ2v) is 10.1. The maximum Gasteiger partial charge on any atom is 0.259 e. The van der Waals surface area contributed by atoms with E-state index in [0.29, 0.717) is 15.6 Å². The molecule has 0 radical (unpaired) electrons. The molecule has 0 atom stereocenters.